The Hall–Kier alpha value is -1.31. The van der Waals surface area contributed by atoms with Crippen molar-refractivity contribution < 1.29 is 4.79 Å². The van der Waals surface area contributed by atoms with Crippen LogP contribution in [0.1, 0.15) is 22.3 Å². The largest absolute Gasteiger partial charge is 0.374 e. The van der Waals surface area contributed by atoms with E-state index in [2.05, 4.69) is 18.0 Å². The Morgan fingerprint density at radius 1 is 1.46 bits per heavy atom. The number of rotatable bonds is 1. The Bertz CT molecular complexity index is 333. The second-order valence-electron chi connectivity index (χ2n) is 3.53. The van der Waals surface area contributed by atoms with Crippen molar-refractivity contribution in [1.82, 2.24) is 0 Å². The van der Waals surface area contributed by atoms with Gasteiger partial charge in [0.1, 0.15) is 6.29 Å². The van der Waals surface area contributed by atoms with Crippen molar-refractivity contribution in [1.29, 1.82) is 0 Å². The Morgan fingerprint density at radius 2 is 2.31 bits per heavy atom. The molecule has 1 aromatic carbocycles. The van der Waals surface area contributed by atoms with Crippen LogP contribution in [-0.2, 0) is 6.42 Å². The molecule has 2 heteroatoms. The molecule has 0 spiro atoms. The van der Waals surface area contributed by atoms with Crippen LogP contribution in [0.3, 0.4) is 0 Å². The van der Waals surface area contributed by atoms with Gasteiger partial charge in [0.2, 0.25) is 0 Å². The molecule has 1 aromatic rings. The zero-order chi connectivity index (χ0) is 9.26. The quantitative estimate of drug-likeness (QED) is 0.607. The lowest BCUT2D eigenvalue weighted by molar-refractivity contribution is 0.112. The zero-order valence-electron chi connectivity index (χ0n) is 7.79. The lowest BCUT2D eigenvalue weighted by Gasteiger charge is -2.27. The molecule has 0 aliphatic carbocycles. The smallest absolute Gasteiger partial charge is 0.150 e. The molecule has 1 heterocycles. The van der Waals surface area contributed by atoms with Crippen LogP contribution in [0.2, 0.25) is 0 Å². The molecule has 0 saturated carbocycles. The van der Waals surface area contributed by atoms with Crippen LogP contribution in [0.5, 0.6) is 0 Å². The molecule has 0 saturated heterocycles. The summed E-state index contributed by atoms with van der Waals surface area (Å²) in [6, 6.07) is 5.93. The normalized spacial score (nSPS) is 15.3. The Kier molecular flexibility index (Phi) is 2.05. The first kappa shape index (κ1) is 8.30. The van der Waals surface area contributed by atoms with Gasteiger partial charge in [0, 0.05) is 24.8 Å². The first-order chi connectivity index (χ1) is 6.31. The molecule has 0 atom stereocenters. The van der Waals surface area contributed by atoms with Crippen LogP contribution in [0, 0.1) is 0 Å². The predicted octanol–water partition coefficient (Wildman–Crippen LogP) is 1.88. The average Bonchev–Trinajstić information content (AvgIpc) is 2.18. The number of fused-ring (bicyclic) bond motifs is 1. The van der Waals surface area contributed by atoms with Gasteiger partial charge in [-0.2, -0.15) is 0 Å². The van der Waals surface area contributed by atoms with Gasteiger partial charge in [-0.15, -0.1) is 0 Å². The number of carbonyl (C=O) groups is 1. The first-order valence-corrected chi connectivity index (χ1v) is 4.60. The highest BCUT2D eigenvalue weighted by molar-refractivity contribution is 5.78. The van der Waals surface area contributed by atoms with Gasteiger partial charge < -0.3 is 4.90 Å². The van der Waals surface area contributed by atoms with Crippen molar-refractivity contribution in [3.63, 3.8) is 0 Å². The van der Waals surface area contributed by atoms with Gasteiger partial charge in [0.05, 0.1) is 0 Å². The molecule has 0 unspecified atom stereocenters. The maximum absolute atomic E-state index is 10.6. The first-order valence-electron chi connectivity index (χ1n) is 4.60. The predicted molar refractivity (Wildman–Crippen MR) is 53.4 cm³/mol. The second-order valence-corrected chi connectivity index (χ2v) is 3.53. The molecule has 0 aromatic heterocycles. The van der Waals surface area contributed by atoms with Crippen molar-refractivity contribution in [3.05, 3.63) is 29.3 Å². The molecule has 0 bridgehead atoms. The highest BCUT2D eigenvalue weighted by Gasteiger charge is 2.13. The van der Waals surface area contributed by atoms with Gasteiger partial charge in [-0.05, 0) is 24.5 Å². The minimum Gasteiger partial charge on any atom is -0.374 e. The van der Waals surface area contributed by atoms with Crippen LogP contribution in [0.25, 0.3) is 0 Å². The highest BCUT2D eigenvalue weighted by Crippen LogP contribution is 2.26. The van der Waals surface area contributed by atoms with E-state index in [1.165, 1.54) is 17.7 Å². The fourth-order valence-corrected chi connectivity index (χ4v) is 1.85. The van der Waals surface area contributed by atoms with E-state index < -0.39 is 0 Å². The molecular weight excluding hydrogens is 162 g/mol. The van der Waals surface area contributed by atoms with Gasteiger partial charge in [-0.1, -0.05) is 12.1 Å². The number of hydrogen-bond acceptors (Lipinski definition) is 2. The standard InChI is InChI=1S/C11H13NO/c1-12-6-2-3-10-5-4-9(8-13)7-11(10)12/h4-5,7-8H,2-3,6H2,1H3. The monoisotopic (exact) mass is 175 g/mol. The van der Waals surface area contributed by atoms with Gasteiger partial charge >= 0.3 is 0 Å². The van der Waals surface area contributed by atoms with Crippen LogP contribution in [0.4, 0.5) is 5.69 Å². The molecule has 0 N–H and O–H groups in total. The Morgan fingerprint density at radius 3 is 3.08 bits per heavy atom. The number of aldehydes is 1. The maximum Gasteiger partial charge on any atom is 0.150 e. The highest BCUT2D eigenvalue weighted by atomic mass is 16.1. The van der Waals surface area contributed by atoms with E-state index in [4.69, 9.17) is 0 Å². The van der Waals surface area contributed by atoms with Crippen LogP contribution in [0.15, 0.2) is 18.2 Å². The van der Waals surface area contributed by atoms with E-state index >= 15 is 0 Å². The minimum absolute atomic E-state index is 0.771. The molecule has 68 valence electrons. The van der Waals surface area contributed by atoms with Crippen molar-refractivity contribution >= 4 is 12.0 Å². The summed E-state index contributed by atoms with van der Waals surface area (Å²) >= 11 is 0. The average molecular weight is 175 g/mol. The lowest BCUT2D eigenvalue weighted by Crippen LogP contribution is -2.24. The third-order valence-electron chi connectivity index (χ3n) is 2.60. The van der Waals surface area contributed by atoms with E-state index in [-0.39, 0.29) is 0 Å². The molecule has 1 aliphatic heterocycles. The molecule has 1 aliphatic rings. The number of nitrogens with zero attached hydrogens (tertiary/aromatic N) is 1. The fourth-order valence-electron chi connectivity index (χ4n) is 1.85. The molecular formula is C11H13NO. The summed E-state index contributed by atoms with van der Waals surface area (Å²) in [7, 11) is 2.08. The number of carbonyl (C=O) groups excluding carboxylic acids is 1. The molecule has 2 nitrogen and oxygen atoms in total. The molecule has 2 rings (SSSR count). The lowest BCUT2D eigenvalue weighted by atomic mass is 10.0. The third-order valence-corrected chi connectivity index (χ3v) is 2.60. The molecule has 0 fully saturated rings. The summed E-state index contributed by atoms with van der Waals surface area (Å²) in [6.45, 7) is 1.09. The summed E-state index contributed by atoms with van der Waals surface area (Å²) < 4.78 is 0. The van der Waals surface area contributed by atoms with E-state index in [9.17, 15) is 4.79 Å². The van der Waals surface area contributed by atoms with Crippen molar-refractivity contribution in [2.75, 3.05) is 18.5 Å². The summed E-state index contributed by atoms with van der Waals surface area (Å²) in [5.41, 5.74) is 3.35. The summed E-state index contributed by atoms with van der Waals surface area (Å²) in [5, 5.41) is 0. The van der Waals surface area contributed by atoms with E-state index in [0.29, 0.717) is 0 Å². The summed E-state index contributed by atoms with van der Waals surface area (Å²) in [5.74, 6) is 0. The number of benzene rings is 1. The van der Waals surface area contributed by atoms with Crippen molar-refractivity contribution in [2.45, 2.75) is 12.8 Å². The van der Waals surface area contributed by atoms with Crippen molar-refractivity contribution in [3.8, 4) is 0 Å². The Labute approximate surface area is 78.2 Å². The van der Waals surface area contributed by atoms with Gasteiger partial charge in [-0.3, -0.25) is 4.79 Å². The van der Waals surface area contributed by atoms with Crippen LogP contribution in [-0.4, -0.2) is 19.9 Å². The second kappa shape index (κ2) is 3.21. The van der Waals surface area contributed by atoms with E-state index in [1.54, 1.807) is 0 Å². The topological polar surface area (TPSA) is 20.3 Å². The van der Waals surface area contributed by atoms with Gasteiger partial charge in [0.15, 0.2) is 0 Å². The number of anilines is 1. The van der Waals surface area contributed by atoms with Crippen molar-refractivity contribution in [2.24, 2.45) is 0 Å². The van der Waals surface area contributed by atoms with Gasteiger partial charge in [0.25, 0.3) is 0 Å². The molecule has 13 heavy (non-hydrogen) atoms. The summed E-state index contributed by atoms with van der Waals surface area (Å²) in [6.07, 6.45) is 3.26. The SMILES string of the molecule is CN1CCCc2ccc(C=O)cc21. The number of aryl methyl sites for hydroxylation is 1. The fraction of sp³-hybridized carbons (Fsp3) is 0.364. The maximum atomic E-state index is 10.6. The zero-order valence-corrected chi connectivity index (χ0v) is 7.79. The summed E-state index contributed by atoms with van der Waals surface area (Å²) in [4.78, 5) is 12.8. The Balaban J connectivity index is 2.46. The third kappa shape index (κ3) is 1.44. The van der Waals surface area contributed by atoms with E-state index in [1.807, 2.05) is 12.1 Å². The van der Waals surface area contributed by atoms with Crippen LogP contribution < -0.4 is 4.90 Å². The number of hydrogen-bond donors (Lipinski definition) is 0. The van der Waals surface area contributed by atoms with Crippen LogP contribution >= 0.6 is 0 Å². The minimum atomic E-state index is 0.771. The van der Waals surface area contributed by atoms with E-state index in [0.717, 1.165) is 24.8 Å². The molecule has 0 amide bonds. The molecule has 0 radical (unpaired) electrons. The van der Waals surface area contributed by atoms with Gasteiger partial charge in [-0.25, -0.2) is 0 Å².